The molecule has 1 aliphatic heterocycles. The molecular formula is C21H25ClN2O3S. The van der Waals surface area contributed by atoms with Crippen LogP contribution in [-0.4, -0.2) is 39.4 Å². The molecule has 0 bridgehead atoms. The third-order valence-corrected chi connectivity index (χ3v) is 7.38. The Morgan fingerprint density at radius 1 is 1.11 bits per heavy atom. The predicted octanol–water partition coefficient (Wildman–Crippen LogP) is 4.35. The maximum atomic E-state index is 13.0. The molecule has 1 fully saturated rings. The predicted molar refractivity (Wildman–Crippen MR) is 113 cm³/mol. The first kappa shape index (κ1) is 20.7. The Labute approximate surface area is 172 Å². The second-order valence-electron chi connectivity index (χ2n) is 7.40. The molecule has 7 heteroatoms. The van der Waals surface area contributed by atoms with Crippen molar-refractivity contribution in [1.82, 2.24) is 4.90 Å². The molecule has 0 aromatic heterocycles. The van der Waals surface area contributed by atoms with Crippen molar-refractivity contribution in [3.05, 3.63) is 58.6 Å². The number of hydrogen-bond acceptors (Lipinski definition) is 3. The number of piperidine rings is 1. The lowest BCUT2D eigenvalue weighted by atomic mass is 9.98. The molecule has 1 heterocycles. The van der Waals surface area contributed by atoms with E-state index in [4.69, 9.17) is 11.6 Å². The van der Waals surface area contributed by atoms with Crippen LogP contribution < -0.4 is 4.31 Å². The minimum Gasteiger partial charge on any atom is -0.339 e. The van der Waals surface area contributed by atoms with Crippen molar-refractivity contribution >= 4 is 33.2 Å². The molecule has 150 valence electrons. The highest BCUT2D eigenvalue weighted by Gasteiger charge is 2.25. The zero-order valence-corrected chi connectivity index (χ0v) is 17.9. The molecule has 3 rings (SSSR count). The minimum atomic E-state index is -3.76. The Bertz CT molecular complexity index is 966. The summed E-state index contributed by atoms with van der Waals surface area (Å²) >= 11 is 5.87. The molecule has 1 amide bonds. The number of carbonyl (C=O) groups is 1. The number of likely N-dealkylation sites (tertiary alicyclic amines) is 1. The molecule has 0 radical (unpaired) electrons. The molecular weight excluding hydrogens is 396 g/mol. The summed E-state index contributed by atoms with van der Waals surface area (Å²) in [6.07, 6.45) is 1.99. The van der Waals surface area contributed by atoms with E-state index in [0.29, 0.717) is 22.2 Å². The fraction of sp³-hybridized carbons (Fsp3) is 0.381. The largest absolute Gasteiger partial charge is 0.339 e. The van der Waals surface area contributed by atoms with E-state index in [9.17, 15) is 13.2 Å². The van der Waals surface area contributed by atoms with E-state index in [1.807, 2.05) is 11.8 Å². The summed E-state index contributed by atoms with van der Waals surface area (Å²) in [7, 11) is -2.25. The number of anilines is 1. The SMILES string of the molecule is Cc1ccc(C(=O)N2CCC(C)CC2)cc1N(C)S(=O)(=O)c1ccc(Cl)cc1. The van der Waals surface area contributed by atoms with Gasteiger partial charge < -0.3 is 4.90 Å². The van der Waals surface area contributed by atoms with Gasteiger partial charge in [-0.05, 0) is 67.6 Å². The average molecular weight is 421 g/mol. The van der Waals surface area contributed by atoms with Crippen molar-refractivity contribution in [2.24, 2.45) is 5.92 Å². The number of halogens is 1. The minimum absolute atomic E-state index is 0.0505. The molecule has 0 unspecified atom stereocenters. The van der Waals surface area contributed by atoms with Gasteiger partial charge in [-0.2, -0.15) is 0 Å². The maximum Gasteiger partial charge on any atom is 0.264 e. The molecule has 2 aromatic carbocycles. The van der Waals surface area contributed by atoms with E-state index in [0.717, 1.165) is 31.5 Å². The van der Waals surface area contributed by atoms with E-state index in [2.05, 4.69) is 6.92 Å². The molecule has 0 aliphatic carbocycles. The third kappa shape index (κ3) is 4.18. The van der Waals surface area contributed by atoms with E-state index >= 15 is 0 Å². The summed E-state index contributed by atoms with van der Waals surface area (Å²) in [4.78, 5) is 14.9. The third-order valence-electron chi connectivity index (χ3n) is 5.34. The highest BCUT2D eigenvalue weighted by atomic mass is 35.5. The average Bonchev–Trinajstić information content (AvgIpc) is 2.68. The van der Waals surface area contributed by atoms with Gasteiger partial charge in [0.2, 0.25) is 0 Å². The van der Waals surface area contributed by atoms with E-state index < -0.39 is 10.0 Å². The van der Waals surface area contributed by atoms with Gasteiger partial charge in [0.05, 0.1) is 10.6 Å². The van der Waals surface area contributed by atoms with Crippen molar-refractivity contribution in [1.29, 1.82) is 0 Å². The van der Waals surface area contributed by atoms with Crippen LogP contribution in [0.1, 0.15) is 35.7 Å². The monoisotopic (exact) mass is 420 g/mol. The fourth-order valence-corrected chi connectivity index (χ4v) is 4.75. The zero-order valence-electron chi connectivity index (χ0n) is 16.4. The second-order valence-corrected chi connectivity index (χ2v) is 9.81. The van der Waals surface area contributed by atoms with Crippen molar-refractivity contribution in [3.8, 4) is 0 Å². The normalized spacial score (nSPS) is 15.5. The van der Waals surface area contributed by atoms with Crippen molar-refractivity contribution in [2.75, 3.05) is 24.4 Å². The summed E-state index contributed by atoms with van der Waals surface area (Å²) in [5.74, 6) is 0.582. The zero-order chi connectivity index (χ0) is 20.5. The highest BCUT2D eigenvalue weighted by Crippen LogP contribution is 2.28. The Hall–Kier alpha value is -2.05. The second kappa shape index (κ2) is 8.13. The first-order valence-electron chi connectivity index (χ1n) is 9.34. The lowest BCUT2D eigenvalue weighted by Gasteiger charge is -2.30. The Kier molecular flexibility index (Phi) is 6.01. The fourth-order valence-electron chi connectivity index (χ4n) is 3.37. The van der Waals surface area contributed by atoms with Crippen LogP contribution in [0.5, 0.6) is 0 Å². The van der Waals surface area contributed by atoms with E-state index in [1.54, 1.807) is 30.3 Å². The van der Waals surface area contributed by atoms with Gasteiger partial charge in [0.25, 0.3) is 15.9 Å². The number of aryl methyl sites for hydroxylation is 1. The molecule has 1 saturated heterocycles. The molecule has 28 heavy (non-hydrogen) atoms. The van der Waals surface area contributed by atoms with Crippen LogP contribution >= 0.6 is 11.6 Å². The van der Waals surface area contributed by atoms with Crippen molar-refractivity contribution in [2.45, 2.75) is 31.6 Å². The van der Waals surface area contributed by atoms with Gasteiger partial charge in [0.1, 0.15) is 0 Å². The van der Waals surface area contributed by atoms with Crippen molar-refractivity contribution in [3.63, 3.8) is 0 Å². The number of benzene rings is 2. The van der Waals surface area contributed by atoms with Gasteiger partial charge >= 0.3 is 0 Å². The molecule has 5 nitrogen and oxygen atoms in total. The highest BCUT2D eigenvalue weighted by molar-refractivity contribution is 7.92. The van der Waals surface area contributed by atoms with Crippen molar-refractivity contribution < 1.29 is 13.2 Å². The summed E-state index contributed by atoms with van der Waals surface area (Å²) in [5, 5.41) is 0.473. The number of rotatable bonds is 4. The maximum absolute atomic E-state index is 13.0. The standard InChI is InChI=1S/C21H25ClN2O3S/c1-15-10-12-24(13-11-15)21(25)17-5-4-16(2)20(14-17)23(3)28(26,27)19-8-6-18(22)7-9-19/h4-9,14-15H,10-13H2,1-3H3. The van der Waals surface area contributed by atoms with Crippen LogP contribution in [0.25, 0.3) is 0 Å². The first-order valence-corrected chi connectivity index (χ1v) is 11.2. The topological polar surface area (TPSA) is 57.7 Å². The summed E-state index contributed by atoms with van der Waals surface area (Å²) in [5.41, 5.74) is 1.78. The number of sulfonamides is 1. The number of hydrogen-bond donors (Lipinski definition) is 0. The summed E-state index contributed by atoms with van der Waals surface area (Å²) in [6, 6.07) is 11.3. The Morgan fingerprint density at radius 3 is 2.32 bits per heavy atom. The van der Waals surface area contributed by atoms with Gasteiger partial charge in [-0.1, -0.05) is 24.6 Å². The van der Waals surface area contributed by atoms with E-state index in [1.165, 1.54) is 23.5 Å². The van der Waals surface area contributed by atoms with Crippen LogP contribution in [0.4, 0.5) is 5.69 Å². The Morgan fingerprint density at radius 2 is 1.71 bits per heavy atom. The molecule has 0 N–H and O–H groups in total. The molecule has 2 aromatic rings. The van der Waals surface area contributed by atoms with Gasteiger partial charge in [0, 0.05) is 30.7 Å². The smallest absolute Gasteiger partial charge is 0.264 e. The quantitative estimate of drug-likeness (QED) is 0.738. The molecule has 0 spiro atoms. The lowest BCUT2D eigenvalue weighted by Crippen LogP contribution is -2.38. The Balaban J connectivity index is 1.90. The number of nitrogens with zero attached hydrogens (tertiary/aromatic N) is 2. The van der Waals surface area contributed by atoms with Gasteiger partial charge in [-0.25, -0.2) is 8.42 Å². The van der Waals surface area contributed by atoms with Crippen LogP contribution in [-0.2, 0) is 10.0 Å². The lowest BCUT2D eigenvalue weighted by molar-refractivity contribution is 0.0697. The van der Waals surface area contributed by atoms with Crippen LogP contribution in [0, 0.1) is 12.8 Å². The number of amides is 1. The molecule has 0 saturated carbocycles. The molecule has 1 aliphatic rings. The first-order chi connectivity index (χ1) is 13.2. The van der Waals surface area contributed by atoms with Gasteiger partial charge in [0.15, 0.2) is 0 Å². The van der Waals surface area contributed by atoms with Crippen LogP contribution in [0.15, 0.2) is 47.4 Å². The molecule has 0 atom stereocenters. The van der Waals surface area contributed by atoms with E-state index in [-0.39, 0.29) is 10.8 Å². The van der Waals surface area contributed by atoms with Crippen LogP contribution in [0.2, 0.25) is 5.02 Å². The summed E-state index contributed by atoms with van der Waals surface area (Å²) in [6.45, 7) is 5.51. The van der Waals surface area contributed by atoms with Gasteiger partial charge in [-0.15, -0.1) is 0 Å². The van der Waals surface area contributed by atoms with Gasteiger partial charge in [-0.3, -0.25) is 9.10 Å². The summed E-state index contributed by atoms with van der Waals surface area (Å²) < 4.78 is 27.2. The number of carbonyl (C=O) groups excluding carboxylic acids is 1. The van der Waals surface area contributed by atoms with Crippen LogP contribution in [0.3, 0.4) is 0 Å².